The summed E-state index contributed by atoms with van der Waals surface area (Å²) in [5, 5.41) is 23.0. The van der Waals surface area contributed by atoms with E-state index in [1.807, 2.05) is 0 Å². The second kappa shape index (κ2) is 11.1. The molecule has 1 heterocycles. The zero-order valence-corrected chi connectivity index (χ0v) is 27.5. The predicted octanol–water partition coefficient (Wildman–Crippen LogP) is 4.38. The van der Waals surface area contributed by atoms with Crippen molar-refractivity contribution < 1.29 is 43.5 Å². The lowest BCUT2D eigenvalue weighted by atomic mass is 9.46. The minimum atomic E-state index is -1.25. The van der Waals surface area contributed by atoms with Gasteiger partial charge < -0.3 is 38.7 Å². The molecule has 44 heavy (non-hydrogen) atoms. The fourth-order valence-corrected chi connectivity index (χ4v) is 12.2. The van der Waals surface area contributed by atoms with Crippen LogP contribution in [0.1, 0.15) is 106 Å². The number of carbonyl (C=O) groups excluding carboxylic acids is 3. The Morgan fingerprint density at radius 2 is 1.73 bits per heavy atom. The SMILES string of the molecule is CC(=O)O[C@@H](C1CCC2C(O1)C(O)C1C3CCC4C(C)(C)C(OC(CC=O)OCC=O)CCC45C[C@@]35CCC21C)C(C)(C)O. The average Bonchev–Trinajstić information content (AvgIpc) is 3.56. The van der Waals surface area contributed by atoms with Crippen molar-refractivity contribution in [2.45, 2.75) is 148 Å². The van der Waals surface area contributed by atoms with Crippen LogP contribution in [0.3, 0.4) is 0 Å². The second-order valence-corrected chi connectivity index (χ2v) is 16.6. The Kier molecular flexibility index (Phi) is 8.21. The Balaban J connectivity index is 1.21. The Morgan fingerprint density at radius 1 is 1.00 bits per heavy atom. The molecule has 5 aliphatic carbocycles. The minimum absolute atomic E-state index is 0.0128. The van der Waals surface area contributed by atoms with Gasteiger partial charge in [0, 0.05) is 6.92 Å². The number of hydrogen-bond acceptors (Lipinski definition) is 9. The third-order valence-electron chi connectivity index (χ3n) is 13.9. The number of rotatable bonds is 10. The van der Waals surface area contributed by atoms with Gasteiger partial charge in [0.25, 0.3) is 0 Å². The van der Waals surface area contributed by atoms with E-state index in [-0.39, 0.29) is 58.7 Å². The maximum absolute atomic E-state index is 12.1. The molecular weight excluding hydrogens is 564 g/mol. The van der Waals surface area contributed by atoms with E-state index in [9.17, 15) is 24.6 Å². The van der Waals surface area contributed by atoms with Crippen LogP contribution in [0.4, 0.5) is 0 Å². The molecule has 0 amide bonds. The summed E-state index contributed by atoms with van der Waals surface area (Å²) in [5.74, 6) is 0.875. The van der Waals surface area contributed by atoms with Crippen LogP contribution in [0.25, 0.3) is 0 Å². The Bertz CT molecular complexity index is 1130. The lowest BCUT2D eigenvalue weighted by molar-refractivity contribution is -0.226. The summed E-state index contributed by atoms with van der Waals surface area (Å²) in [4.78, 5) is 34.1. The van der Waals surface area contributed by atoms with Crippen LogP contribution < -0.4 is 0 Å². The van der Waals surface area contributed by atoms with Gasteiger partial charge in [0.05, 0.1) is 36.4 Å². The van der Waals surface area contributed by atoms with Gasteiger partial charge in [0.2, 0.25) is 0 Å². The fourth-order valence-electron chi connectivity index (χ4n) is 12.2. The van der Waals surface area contributed by atoms with E-state index in [4.69, 9.17) is 18.9 Å². The lowest BCUT2D eigenvalue weighted by Gasteiger charge is -2.60. The van der Waals surface area contributed by atoms with Gasteiger partial charge in [-0.1, -0.05) is 20.8 Å². The third kappa shape index (κ3) is 4.77. The predicted molar refractivity (Wildman–Crippen MR) is 160 cm³/mol. The topological polar surface area (TPSA) is 129 Å². The second-order valence-electron chi connectivity index (χ2n) is 16.6. The molecule has 0 aromatic rings. The number of carbonyl (C=O) groups is 3. The first-order chi connectivity index (χ1) is 20.7. The molecule has 13 atom stereocenters. The highest BCUT2D eigenvalue weighted by Gasteiger charge is 2.81. The highest BCUT2D eigenvalue weighted by atomic mass is 16.7. The Hall–Kier alpha value is -1.39. The van der Waals surface area contributed by atoms with Crippen LogP contribution in [-0.4, -0.2) is 77.8 Å². The molecule has 248 valence electrons. The maximum atomic E-state index is 12.1. The summed E-state index contributed by atoms with van der Waals surface area (Å²) in [6, 6.07) is 0. The van der Waals surface area contributed by atoms with Crippen molar-refractivity contribution in [3.63, 3.8) is 0 Å². The minimum Gasteiger partial charge on any atom is -0.457 e. The summed E-state index contributed by atoms with van der Waals surface area (Å²) in [5.41, 5.74) is -0.917. The third-order valence-corrected chi connectivity index (χ3v) is 13.9. The van der Waals surface area contributed by atoms with Gasteiger partial charge in [0.1, 0.15) is 19.2 Å². The molecule has 1 saturated heterocycles. The molecule has 0 aromatic heterocycles. The van der Waals surface area contributed by atoms with Gasteiger partial charge >= 0.3 is 5.97 Å². The molecule has 0 radical (unpaired) electrons. The molecule has 6 aliphatic rings. The van der Waals surface area contributed by atoms with E-state index < -0.39 is 36.2 Å². The van der Waals surface area contributed by atoms with Crippen LogP contribution in [0, 0.1) is 45.3 Å². The van der Waals surface area contributed by atoms with Crippen molar-refractivity contribution in [1.29, 1.82) is 0 Å². The molecule has 0 aromatic carbocycles. The van der Waals surface area contributed by atoms with Gasteiger partial charge in [-0.3, -0.25) is 4.79 Å². The average molecular weight is 619 g/mol. The van der Waals surface area contributed by atoms with E-state index in [0.29, 0.717) is 24.5 Å². The first-order valence-electron chi connectivity index (χ1n) is 17.0. The van der Waals surface area contributed by atoms with Gasteiger partial charge in [-0.2, -0.15) is 0 Å². The van der Waals surface area contributed by atoms with Crippen molar-refractivity contribution in [3.05, 3.63) is 0 Å². The van der Waals surface area contributed by atoms with E-state index in [1.165, 1.54) is 19.8 Å². The van der Waals surface area contributed by atoms with E-state index in [0.717, 1.165) is 44.8 Å². The van der Waals surface area contributed by atoms with Gasteiger partial charge in [-0.15, -0.1) is 0 Å². The van der Waals surface area contributed by atoms with Crippen molar-refractivity contribution in [2.75, 3.05) is 6.61 Å². The molecule has 9 nitrogen and oxygen atoms in total. The smallest absolute Gasteiger partial charge is 0.303 e. The number of hydrogen-bond donors (Lipinski definition) is 2. The standard InChI is InChI=1S/C35H54O9/c1-20(38)42-30(32(4,5)40)23-9-7-22-29(43-23)28(39)27-21-8-10-24-31(2,3)25(44-26(12-16-36)41-18-17-37)11-13-35(24)19-34(21,35)15-14-33(22,27)6/h16-17,21-30,39-40H,7-15,18-19H2,1-6H3/t21?,22?,23?,24?,25?,26?,27?,28?,29?,30-,33?,34-,35?/m0/s1. The molecule has 11 unspecified atom stereocenters. The first kappa shape index (κ1) is 32.5. The number of esters is 1. The quantitative estimate of drug-likeness (QED) is 0.208. The number of aldehydes is 2. The van der Waals surface area contributed by atoms with Crippen molar-refractivity contribution in [3.8, 4) is 0 Å². The summed E-state index contributed by atoms with van der Waals surface area (Å²) in [7, 11) is 0. The van der Waals surface area contributed by atoms with Crippen LogP contribution in [0.15, 0.2) is 0 Å². The summed E-state index contributed by atoms with van der Waals surface area (Å²) >= 11 is 0. The van der Waals surface area contributed by atoms with Crippen LogP contribution in [0.2, 0.25) is 0 Å². The van der Waals surface area contributed by atoms with E-state index >= 15 is 0 Å². The van der Waals surface area contributed by atoms with Crippen LogP contribution >= 0.6 is 0 Å². The van der Waals surface area contributed by atoms with Crippen molar-refractivity contribution >= 4 is 18.5 Å². The fraction of sp³-hybridized carbons (Fsp3) is 0.914. The molecule has 5 saturated carbocycles. The molecule has 1 aliphatic heterocycles. The summed E-state index contributed by atoms with van der Waals surface area (Å²) in [6.45, 7) is 11.6. The number of aliphatic hydroxyl groups is 2. The van der Waals surface area contributed by atoms with Gasteiger partial charge in [-0.05, 0) is 117 Å². The number of ether oxygens (including phenoxy) is 4. The Labute approximate surface area is 262 Å². The summed E-state index contributed by atoms with van der Waals surface area (Å²) < 4.78 is 24.2. The van der Waals surface area contributed by atoms with E-state index in [1.54, 1.807) is 13.8 Å². The molecule has 0 bridgehead atoms. The van der Waals surface area contributed by atoms with E-state index in [2.05, 4.69) is 20.8 Å². The monoisotopic (exact) mass is 618 g/mol. The van der Waals surface area contributed by atoms with Crippen molar-refractivity contribution in [2.24, 2.45) is 45.3 Å². The Morgan fingerprint density at radius 3 is 2.39 bits per heavy atom. The van der Waals surface area contributed by atoms with Crippen LogP contribution in [-0.2, 0) is 33.3 Å². The molecule has 6 rings (SSSR count). The number of fused-ring (bicyclic) bond motifs is 4. The van der Waals surface area contributed by atoms with Crippen molar-refractivity contribution in [1.82, 2.24) is 0 Å². The zero-order valence-electron chi connectivity index (χ0n) is 27.5. The molecule has 6 fully saturated rings. The normalized spacial score (nSPS) is 46.6. The van der Waals surface area contributed by atoms with Gasteiger partial charge in [0.15, 0.2) is 12.4 Å². The van der Waals surface area contributed by atoms with Gasteiger partial charge in [-0.25, -0.2) is 0 Å². The number of aliphatic hydroxyl groups excluding tert-OH is 1. The molecule has 9 heteroatoms. The highest BCUT2D eigenvalue weighted by molar-refractivity contribution is 5.66. The summed E-state index contributed by atoms with van der Waals surface area (Å²) in [6.07, 6.45) is 7.86. The largest absolute Gasteiger partial charge is 0.457 e. The first-order valence-corrected chi connectivity index (χ1v) is 17.0. The molecule has 2 N–H and O–H groups in total. The zero-order chi connectivity index (χ0) is 31.9. The maximum Gasteiger partial charge on any atom is 0.303 e. The van der Waals surface area contributed by atoms with Crippen LogP contribution in [0.5, 0.6) is 0 Å². The lowest BCUT2D eigenvalue weighted by Crippen LogP contribution is -2.56. The molecular formula is C35H54O9. The molecule has 2 spiro atoms. The highest BCUT2D eigenvalue weighted by Crippen LogP contribution is 2.87.